The maximum absolute atomic E-state index is 14.7. The Labute approximate surface area is 197 Å². The van der Waals surface area contributed by atoms with Crippen molar-refractivity contribution in [2.24, 2.45) is 0 Å². The molecule has 1 unspecified atom stereocenters. The fraction of sp³-hybridized carbons (Fsp3) is 0.167. The molecule has 0 amide bonds. The van der Waals surface area contributed by atoms with Crippen LogP contribution in [0.3, 0.4) is 0 Å². The summed E-state index contributed by atoms with van der Waals surface area (Å²) in [6.07, 6.45) is 2.67. The van der Waals surface area contributed by atoms with Gasteiger partial charge >= 0.3 is 0 Å². The molecule has 0 saturated heterocycles. The minimum absolute atomic E-state index is 0.112. The van der Waals surface area contributed by atoms with E-state index >= 15 is 0 Å². The first-order valence-corrected chi connectivity index (χ1v) is 10.9. The molecule has 6 rings (SSSR count). The molecule has 1 aliphatic rings. The summed E-state index contributed by atoms with van der Waals surface area (Å²) in [5.74, 6) is -1.22. The summed E-state index contributed by atoms with van der Waals surface area (Å²) in [5, 5.41) is 10.5. The highest BCUT2D eigenvalue weighted by molar-refractivity contribution is 6.02. The van der Waals surface area contributed by atoms with E-state index in [-0.39, 0.29) is 28.8 Å². The van der Waals surface area contributed by atoms with Crippen LogP contribution in [-0.2, 0) is 0 Å². The van der Waals surface area contributed by atoms with Crippen molar-refractivity contribution in [3.8, 4) is 11.4 Å². The molecular formula is C24H19F2N7O2. The van der Waals surface area contributed by atoms with Crippen molar-refractivity contribution in [1.29, 1.82) is 0 Å². The summed E-state index contributed by atoms with van der Waals surface area (Å²) in [5.41, 5.74) is 0.709. The predicted molar refractivity (Wildman–Crippen MR) is 127 cm³/mol. The zero-order valence-corrected chi connectivity index (χ0v) is 18.5. The average Bonchev–Trinajstić information content (AvgIpc) is 3.36. The number of likely N-dealkylation sites (N-methyl/N-ethyl adjacent to an activating group) is 1. The van der Waals surface area contributed by atoms with Gasteiger partial charge in [0.05, 0.1) is 47.0 Å². The number of anilines is 2. The molecule has 0 bridgehead atoms. The molecule has 3 aromatic heterocycles. The minimum Gasteiger partial charge on any atom is -0.485 e. The lowest BCUT2D eigenvalue weighted by Crippen LogP contribution is -2.41. The summed E-state index contributed by atoms with van der Waals surface area (Å²) in [4.78, 5) is 24.2. The Morgan fingerprint density at radius 1 is 1.11 bits per heavy atom. The van der Waals surface area contributed by atoms with E-state index in [4.69, 9.17) is 4.74 Å². The monoisotopic (exact) mass is 475 g/mol. The van der Waals surface area contributed by atoms with Gasteiger partial charge < -0.3 is 15.0 Å². The fourth-order valence-corrected chi connectivity index (χ4v) is 4.37. The van der Waals surface area contributed by atoms with Crippen molar-refractivity contribution in [1.82, 2.24) is 24.7 Å². The third kappa shape index (κ3) is 3.43. The van der Waals surface area contributed by atoms with Gasteiger partial charge in [0.25, 0.3) is 5.56 Å². The fourth-order valence-electron chi connectivity index (χ4n) is 4.37. The summed E-state index contributed by atoms with van der Waals surface area (Å²) >= 11 is 0. The number of pyridine rings is 1. The lowest BCUT2D eigenvalue weighted by atomic mass is 10.2. The summed E-state index contributed by atoms with van der Waals surface area (Å²) in [6.45, 7) is 1.03. The van der Waals surface area contributed by atoms with Gasteiger partial charge in [0.15, 0.2) is 17.3 Å². The second kappa shape index (κ2) is 8.05. The van der Waals surface area contributed by atoms with E-state index in [9.17, 15) is 13.6 Å². The summed E-state index contributed by atoms with van der Waals surface area (Å²) in [6, 6.07) is 11.4. The van der Waals surface area contributed by atoms with Gasteiger partial charge in [-0.2, -0.15) is 10.1 Å². The van der Waals surface area contributed by atoms with Gasteiger partial charge in [-0.1, -0.05) is 18.2 Å². The third-order valence-electron chi connectivity index (χ3n) is 6.03. The van der Waals surface area contributed by atoms with Gasteiger partial charge in [-0.05, 0) is 24.3 Å². The van der Waals surface area contributed by atoms with Gasteiger partial charge in [0, 0.05) is 13.2 Å². The van der Waals surface area contributed by atoms with Crippen molar-refractivity contribution < 1.29 is 13.5 Å². The van der Waals surface area contributed by atoms with Crippen molar-refractivity contribution in [2.45, 2.75) is 6.10 Å². The SMILES string of the molecule is CN1CC(CNc2ncc3c4[nH]ncc4c(=O)n(-c4cccc(F)c4F)c3n2)Oc2ccccc21. The Balaban J connectivity index is 1.40. The molecular weight excluding hydrogens is 456 g/mol. The number of nitrogens with zero attached hydrogens (tertiary/aromatic N) is 5. The lowest BCUT2D eigenvalue weighted by molar-refractivity contribution is 0.208. The van der Waals surface area contributed by atoms with Crippen LogP contribution < -0.4 is 20.5 Å². The van der Waals surface area contributed by atoms with Gasteiger partial charge in [-0.3, -0.25) is 14.5 Å². The zero-order chi connectivity index (χ0) is 24.1. The molecule has 176 valence electrons. The summed E-state index contributed by atoms with van der Waals surface area (Å²) < 4.78 is 35.9. The maximum atomic E-state index is 14.7. The smallest absolute Gasteiger partial charge is 0.267 e. The Hall–Kier alpha value is -4.54. The van der Waals surface area contributed by atoms with Crippen LogP contribution in [0.4, 0.5) is 20.4 Å². The number of fused-ring (bicyclic) bond motifs is 4. The molecule has 5 aromatic rings. The molecule has 1 atom stereocenters. The lowest BCUT2D eigenvalue weighted by Gasteiger charge is -2.33. The number of ether oxygens (including phenoxy) is 1. The van der Waals surface area contributed by atoms with Crippen molar-refractivity contribution in [3.05, 3.63) is 76.8 Å². The Morgan fingerprint density at radius 2 is 1.94 bits per heavy atom. The molecule has 0 saturated carbocycles. The number of para-hydroxylation sites is 2. The Bertz CT molecular complexity index is 1650. The first-order chi connectivity index (χ1) is 17.0. The molecule has 35 heavy (non-hydrogen) atoms. The second-order valence-corrected chi connectivity index (χ2v) is 8.27. The maximum Gasteiger partial charge on any atom is 0.267 e. The number of hydrogen-bond acceptors (Lipinski definition) is 7. The molecule has 0 radical (unpaired) electrons. The number of aromatic amines is 1. The molecule has 4 heterocycles. The van der Waals surface area contributed by atoms with Crippen molar-refractivity contribution in [3.63, 3.8) is 0 Å². The first-order valence-electron chi connectivity index (χ1n) is 10.9. The van der Waals surface area contributed by atoms with E-state index in [1.807, 2.05) is 31.3 Å². The van der Waals surface area contributed by atoms with E-state index in [0.717, 1.165) is 22.1 Å². The topological polar surface area (TPSA) is 101 Å². The molecule has 0 spiro atoms. The highest BCUT2D eigenvalue weighted by Crippen LogP contribution is 2.32. The molecule has 0 aliphatic carbocycles. The van der Waals surface area contributed by atoms with Gasteiger partial charge in [0.1, 0.15) is 11.9 Å². The molecule has 0 fully saturated rings. The van der Waals surface area contributed by atoms with Crippen molar-refractivity contribution >= 4 is 33.6 Å². The first kappa shape index (κ1) is 21.0. The molecule has 2 N–H and O–H groups in total. The standard InChI is InChI=1S/C24H19F2N7O2/c1-32-12-13(35-19-8-3-2-6-17(19)32)9-27-24-28-10-14-21-15(11-29-31-21)23(34)33(22(14)30-24)18-7-4-5-16(25)20(18)26/h2-8,10-11,13H,9,12H2,1H3,(H,29,31)(H,27,28,30). The average molecular weight is 475 g/mol. The number of rotatable bonds is 4. The third-order valence-corrected chi connectivity index (χ3v) is 6.03. The number of H-pyrrole nitrogens is 1. The number of benzene rings is 2. The zero-order valence-electron chi connectivity index (χ0n) is 18.5. The van der Waals surface area contributed by atoms with E-state index < -0.39 is 17.2 Å². The van der Waals surface area contributed by atoms with Gasteiger partial charge in [0.2, 0.25) is 5.95 Å². The minimum atomic E-state index is -1.15. The van der Waals surface area contributed by atoms with Gasteiger partial charge in [-0.15, -0.1) is 0 Å². The van der Waals surface area contributed by atoms with Crippen LogP contribution in [0.2, 0.25) is 0 Å². The summed E-state index contributed by atoms with van der Waals surface area (Å²) in [7, 11) is 1.99. The molecule has 1 aliphatic heterocycles. The van der Waals surface area contributed by atoms with Crippen LogP contribution in [0.5, 0.6) is 5.75 Å². The van der Waals surface area contributed by atoms with Crippen molar-refractivity contribution in [2.75, 3.05) is 30.4 Å². The quantitative estimate of drug-likeness (QED) is 0.412. The predicted octanol–water partition coefficient (Wildman–Crippen LogP) is 3.24. The number of aromatic nitrogens is 5. The van der Waals surface area contributed by atoms with Crippen LogP contribution in [0.25, 0.3) is 27.6 Å². The number of nitrogens with one attached hydrogen (secondary N) is 2. The second-order valence-electron chi connectivity index (χ2n) is 8.27. The van der Waals surface area contributed by atoms with Crippen LogP contribution >= 0.6 is 0 Å². The van der Waals surface area contributed by atoms with E-state index in [1.54, 1.807) is 0 Å². The van der Waals surface area contributed by atoms with E-state index in [2.05, 4.69) is 30.4 Å². The highest BCUT2D eigenvalue weighted by Gasteiger charge is 2.24. The highest BCUT2D eigenvalue weighted by atomic mass is 19.2. The van der Waals surface area contributed by atoms with Crippen LogP contribution in [0, 0.1) is 11.6 Å². The normalized spacial score (nSPS) is 15.3. The van der Waals surface area contributed by atoms with E-state index in [0.29, 0.717) is 24.0 Å². The Kier molecular flexibility index (Phi) is 4.83. The van der Waals surface area contributed by atoms with E-state index in [1.165, 1.54) is 24.5 Å². The molecule has 11 heteroatoms. The Morgan fingerprint density at radius 3 is 2.83 bits per heavy atom. The largest absolute Gasteiger partial charge is 0.485 e. The molecule has 2 aromatic carbocycles. The van der Waals surface area contributed by atoms with Crippen LogP contribution in [0.15, 0.2) is 59.7 Å². The number of hydrogen-bond donors (Lipinski definition) is 2. The molecule has 9 nitrogen and oxygen atoms in total. The van der Waals surface area contributed by atoms with Crippen LogP contribution in [0.1, 0.15) is 0 Å². The van der Waals surface area contributed by atoms with Crippen LogP contribution in [-0.4, -0.2) is 51.0 Å². The number of halogens is 2. The van der Waals surface area contributed by atoms with Gasteiger partial charge in [-0.25, -0.2) is 13.8 Å².